The number of nitrogens with zero attached hydrogens (tertiary/aromatic N) is 4. The zero-order valence-corrected chi connectivity index (χ0v) is 15.9. The molecule has 2 aromatic heterocycles. The summed E-state index contributed by atoms with van der Waals surface area (Å²) < 4.78 is 1.57. The van der Waals surface area contributed by atoms with Gasteiger partial charge in [0.05, 0.1) is 12.2 Å². The predicted molar refractivity (Wildman–Crippen MR) is 105 cm³/mol. The number of pyridine rings is 1. The summed E-state index contributed by atoms with van der Waals surface area (Å²) in [4.78, 5) is 43.1. The Hall–Kier alpha value is -2.74. The van der Waals surface area contributed by atoms with Crippen molar-refractivity contribution in [3.63, 3.8) is 0 Å². The number of aryl methyl sites for hydroxylation is 2. The normalized spacial score (nSPS) is 17.4. The molecule has 1 N–H and O–H groups in total. The molecule has 148 valence electrons. The van der Waals surface area contributed by atoms with Crippen LogP contribution < -0.4 is 11.1 Å². The molecule has 1 saturated heterocycles. The Morgan fingerprint density at radius 1 is 1.07 bits per heavy atom. The van der Waals surface area contributed by atoms with Crippen LogP contribution in [0.5, 0.6) is 0 Å². The molecule has 1 amide bonds. The van der Waals surface area contributed by atoms with Crippen LogP contribution in [0.4, 0.5) is 0 Å². The number of amides is 1. The highest BCUT2D eigenvalue weighted by Gasteiger charge is 2.23. The minimum atomic E-state index is -0.354. The summed E-state index contributed by atoms with van der Waals surface area (Å²) in [6.45, 7) is 3.85. The lowest BCUT2D eigenvalue weighted by Crippen LogP contribution is -2.50. The van der Waals surface area contributed by atoms with Crippen molar-refractivity contribution in [1.29, 1.82) is 0 Å². The molecule has 8 nitrogen and oxygen atoms in total. The van der Waals surface area contributed by atoms with Gasteiger partial charge in [0, 0.05) is 45.0 Å². The van der Waals surface area contributed by atoms with Crippen molar-refractivity contribution in [2.75, 3.05) is 32.7 Å². The molecule has 0 atom stereocenters. The molecule has 0 aromatic carbocycles. The highest BCUT2D eigenvalue weighted by atomic mass is 16.2. The van der Waals surface area contributed by atoms with E-state index in [1.807, 2.05) is 0 Å². The number of nitrogens with one attached hydrogen (secondary N) is 1. The number of H-pyrrole nitrogens is 1. The van der Waals surface area contributed by atoms with Crippen LogP contribution in [0, 0.1) is 0 Å². The minimum absolute atomic E-state index is 0.0298. The number of carbonyl (C=O) groups is 1. The largest absolute Gasteiger partial charge is 0.336 e. The summed E-state index contributed by atoms with van der Waals surface area (Å²) in [5.41, 5.74) is 1.97. The Morgan fingerprint density at radius 3 is 2.64 bits per heavy atom. The van der Waals surface area contributed by atoms with Crippen LogP contribution in [-0.2, 0) is 19.4 Å². The lowest BCUT2D eigenvalue weighted by atomic mass is 9.97. The van der Waals surface area contributed by atoms with Crippen molar-refractivity contribution in [2.45, 2.75) is 32.2 Å². The van der Waals surface area contributed by atoms with Crippen molar-refractivity contribution in [3.8, 4) is 0 Å². The van der Waals surface area contributed by atoms with Gasteiger partial charge in [-0.3, -0.25) is 19.3 Å². The van der Waals surface area contributed by atoms with Gasteiger partial charge in [-0.25, -0.2) is 4.68 Å². The Balaban J connectivity index is 1.33. The fourth-order valence-corrected chi connectivity index (χ4v) is 3.93. The van der Waals surface area contributed by atoms with E-state index in [9.17, 15) is 14.4 Å². The number of aromatic amines is 1. The van der Waals surface area contributed by atoms with Crippen LogP contribution in [0.1, 0.15) is 34.5 Å². The number of hydrogen-bond acceptors (Lipinski definition) is 5. The topological polar surface area (TPSA) is 91.3 Å². The van der Waals surface area contributed by atoms with Crippen LogP contribution >= 0.6 is 0 Å². The van der Waals surface area contributed by atoms with Gasteiger partial charge in [0.2, 0.25) is 0 Å². The van der Waals surface area contributed by atoms with E-state index in [-0.39, 0.29) is 22.6 Å². The molecule has 8 heteroatoms. The summed E-state index contributed by atoms with van der Waals surface area (Å²) in [6.07, 6.45) is 5.70. The standard InChI is InChI=1S/C20H25N5O3/c26-18-14-15-4-1-2-6-17(15)22-25(18)13-10-23-8-11-24(12-9-23)20(28)16-5-3-7-21-19(16)27/h3,5,7,14H,1-2,4,6,8-13H2,(H,21,27). The lowest BCUT2D eigenvalue weighted by molar-refractivity contribution is 0.0629. The van der Waals surface area contributed by atoms with E-state index in [1.165, 1.54) is 6.20 Å². The zero-order chi connectivity index (χ0) is 19.5. The van der Waals surface area contributed by atoms with Crippen LogP contribution in [0.2, 0.25) is 0 Å². The molecule has 1 fully saturated rings. The smallest absolute Gasteiger partial charge is 0.267 e. The second-order valence-corrected chi connectivity index (χ2v) is 7.43. The van der Waals surface area contributed by atoms with Crippen LogP contribution in [0.3, 0.4) is 0 Å². The molecule has 0 spiro atoms. The van der Waals surface area contributed by atoms with Gasteiger partial charge < -0.3 is 9.88 Å². The molecule has 2 aliphatic rings. The third kappa shape index (κ3) is 3.91. The molecule has 0 unspecified atom stereocenters. The molecule has 0 radical (unpaired) electrons. The summed E-state index contributed by atoms with van der Waals surface area (Å²) in [6, 6.07) is 4.96. The molecular formula is C20H25N5O3. The first-order chi connectivity index (χ1) is 13.6. The van der Waals surface area contributed by atoms with Gasteiger partial charge in [-0.15, -0.1) is 0 Å². The van der Waals surface area contributed by atoms with Gasteiger partial charge in [-0.1, -0.05) is 0 Å². The molecule has 4 rings (SSSR count). The number of rotatable bonds is 4. The van der Waals surface area contributed by atoms with Crippen molar-refractivity contribution in [3.05, 3.63) is 61.9 Å². The molecule has 28 heavy (non-hydrogen) atoms. The summed E-state index contributed by atoms with van der Waals surface area (Å²) in [5, 5.41) is 4.56. The fraction of sp³-hybridized carbons (Fsp3) is 0.500. The summed E-state index contributed by atoms with van der Waals surface area (Å²) in [5.74, 6) is -0.228. The van der Waals surface area contributed by atoms with Gasteiger partial charge in [0.15, 0.2) is 0 Å². The van der Waals surface area contributed by atoms with E-state index in [4.69, 9.17) is 0 Å². The summed E-state index contributed by atoms with van der Waals surface area (Å²) in [7, 11) is 0. The number of fused-ring (bicyclic) bond motifs is 1. The lowest BCUT2D eigenvalue weighted by Gasteiger charge is -2.34. The predicted octanol–water partition coefficient (Wildman–Crippen LogP) is 0.268. The highest BCUT2D eigenvalue weighted by molar-refractivity contribution is 5.93. The van der Waals surface area contributed by atoms with Crippen molar-refractivity contribution in [2.24, 2.45) is 0 Å². The Morgan fingerprint density at radius 2 is 1.86 bits per heavy atom. The molecule has 1 aliphatic heterocycles. The maximum absolute atomic E-state index is 12.5. The van der Waals surface area contributed by atoms with Gasteiger partial charge in [0.25, 0.3) is 17.0 Å². The van der Waals surface area contributed by atoms with Crippen LogP contribution in [0.25, 0.3) is 0 Å². The van der Waals surface area contributed by atoms with Gasteiger partial charge in [0.1, 0.15) is 5.56 Å². The molecule has 1 aliphatic carbocycles. The third-order valence-corrected chi connectivity index (χ3v) is 5.61. The SMILES string of the molecule is O=C(c1ccc[nH]c1=O)N1CCN(CCn2nc3c(cc2=O)CCCC3)CC1. The third-order valence-electron chi connectivity index (χ3n) is 5.61. The molecule has 3 heterocycles. The number of hydrogen-bond donors (Lipinski definition) is 1. The van der Waals surface area contributed by atoms with Crippen molar-refractivity contribution in [1.82, 2.24) is 24.6 Å². The highest BCUT2D eigenvalue weighted by Crippen LogP contribution is 2.16. The van der Waals surface area contributed by atoms with Gasteiger partial charge in [-0.05, 0) is 43.4 Å². The van der Waals surface area contributed by atoms with Crippen LogP contribution in [0.15, 0.2) is 34.0 Å². The average molecular weight is 383 g/mol. The van der Waals surface area contributed by atoms with Gasteiger partial charge >= 0.3 is 0 Å². The molecule has 0 saturated carbocycles. The van der Waals surface area contributed by atoms with E-state index >= 15 is 0 Å². The average Bonchev–Trinajstić information content (AvgIpc) is 2.72. The number of aromatic nitrogens is 3. The first kappa shape index (κ1) is 18.6. The Kier molecular flexibility index (Phi) is 5.38. The van der Waals surface area contributed by atoms with E-state index in [2.05, 4.69) is 15.0 Å². The molecule has 2 aromatic rings. The quantitative estimate of drug-likeness (QED) is 0.818. The van der Waals surface area contributed by atoms with Crippen molar-refractivity contribution >= 4 is 5.91 Å². The molecular weight excluding hydrogens is 358 g/mol. The second-order valence-electron chi connectivity index (χ2n) is 7.43. The van der Waals surface area contributed by atoms with Crippen LogP contribution in [-0.4, -0.2) is 63.2 Å². The Labute approximate surface area is 162 Å². The zero-order valence-electron chi connectivity index (χ0n) is 15.9. The monoisotopic (exact) mass is 383 g/mol. The number of carbonyl (C=O) groups excluding carboxylic acids is 1. The van der Waals surface area contributed by atoms with E-state index in [1.54, 1.807) is 27.8 Å². The summed E-state index contributed by atoms with van der Waals surface area (Å²) >= 11 is 0. The van der Waals surface area contributed by atoms with E-state index in [0.29, 0.717) is 19.6 Å². The first-order valence-electron chi connectivity index (χ1n) is 9.91. The number of piperazine rings is 1. The maximum Gasteiger partial charge on any atom is 0.267 e. The fourth-order valence-electron chi connectivity index (χ4n) is 3.93. The first-order valence-corrected chi connectivity index (χ1v) is 9.91. The second kappa shape index (κ2) is 8.10. The van der Waals surface area contributed by atoms with Gasteiger partial charge in [-0.2, -0.15) is 5.10 Å². The van der Waals surface area contributed by atoms with E-state index < -0.39 is 0 Å². The maximum atomic E-state index is 12.5. The molecule has 0 bridgehead atoms. The van der Waals surface area contributed by atoms with Crippen molar-refractivity contribution < 1.29 is 4.79 Å². The van der Waals surface area contributed by atoms with E-state index in [0.717, 1.165) is 56.6 Å². The Bertz CT molecular complexity index is 972. The minimum Gasteiger partial charge on any atom is -0.336 e.